The number of ether oxygens (including phenoxy) is 2. The molecule has 0 aliphatic rings. The van der Waals surface area contributed by atoms with Gasteiger partial charge in [0.25, 0.3) is 0 Å². The predicted octanol–water partition coefficient (Wildman–Crippen LogP) is 2.36. The largest absolute Gasteiger partial charge is 0.469 e. The molecule has 0 aromatic heterocycles. The average Bonchev–Trinajstić information content (AvgIpc) is 2.57. The van der Waals surface area contributed by atoms with E-state index in [-0.39, 0.29) is 24.5 Å². The van der Waals surface area contributed by atoms with Crippen molar-refractivity contribution in [1.82, 2.24) is 0 Å². The Kier molecular flexibility index (Phi) is 8.22. The molecule has 0 spiro atoms. The number of aliphatic hydroxyl groups is 1. The van der Waals surface area contributed by atoms with E-state index in [1.807, 2.05) is 12.1 Å². The van der Waals surface area contributed by atoms with E-state index in [2.05, 4.69) is 9.47 Å². The minimum atomic E-state index is -0.354. The molecule has 0 fully saturated rings. The van der Waals surface area contributed by atoms with Crippen molar-refractivity contribution < 1.29 is 24.2 Å². The third kappa shape index (κ3) is 6.26. The molecule has 0 heterocycles. The molecular formula is C17H24O5. The van der Waals surface area contributed by atoms with Crippen molar-refractivity contribution in [3.8, 4) is 0 Å². The Morgan fingerprint density at radius 1 is 1.09 bits per heavy atom. The van der Waals surface area contributed by atoms with Gasteiger partial charge in [-0.15, -0.1) is 0 Å². The second-order valence-corrected chi connectivity index (χ2v) is 5.26. The molecule has 122 valence electrons. The average molecular weight is 308 g/mol. The summed E-state index contributed by atoms with van der Waals surface area (Å²) in [6.45, 7) is 0.108. The first-order chi connectivity index (χ1) is 10.6. The Labute approximate surface area is 131 Å². The summed E-state index contributed by atoms with van der Waals surface area (Å²) in [5.41, 5.74) is 1.59. The molecule has 0 aliphatic carbocycles. The van der Waals surface area contributed by atoms with Crippen LogP contribution in [0.4, 0.5) is 0 Å². The van der Waals surface area contributed by atoms with Gasteiger partial charge in [0.1, 0.15) is 0 Å². The van der Waals surface area contributed by atoms with E-state index in [9.17, 15) is 14.7 Å². The van der Waals surface area contributed by atoms with Crippen LogP contribution in [0.25, 0.3) is 0 Å². The normalized spacial score (nSPS) is 11.8. The number of esters is 2. The maximum Gasteiger partial charge on any atom is 0.337 e. The van der Waals surface area contributed by atoms with Crippen LogP contribution in [0.15, 0.2) is 24.3 Å². The van der Waals surface area contributed by atoms with E-state index < -0.39 is 0 Å². The highest BCUT2D eigenvalue weighted by molar-refractivity contribution is 5.89. The molecule has 1 atom stereocenters. The van der Waals surface area contributed by atoms with E-state index >= 15 is 0 Å². The second kappa shape index (κ2) is 9.95. The van der Waals surface area contributed by atoms with Crippen LogP contribution in [0, 0.1) is 5.92 Å². The molecule has 5 nitrogen and oxygen atoms in total. The van der Waals surface area contributed by atoms with Crippen LogP contribution in [0.2, 0.25) is 0 Å². The summed E-state index contributed by atoms with van der Waals surface area (Å²) in [7, 11) is 2.74. The number of hydrogen-bond donors (Lipinski definition) is 1. The molecule has 1 unspecified atom stereocenters. The Balaban J connectivity index is 2.42. The minimum absolute atomic E-state index is 0.108. The van der Waals surface area contributed by atoms with E-state index in [1.54, 1.807) is 12.1 Å². The molecule has 5 heteroatoms. The molecule has 0 saturated heterocycles. The van der Waals surface area contributed by atoms with E-state index in [1.165, 1.54) is 14.2 Å². The highest BCUT2D eigenvalue weighted by atomic mass is 16.5. The summed E-state index contributed by atoms with van der Waals surface area (Å²) < 4.78 is 9.25. The fourth-order valence-corrected chi connectivity index (χ4v) is 2.29. The van der Waals surface area contributed by atoms with Crippen molar-refractivity contribution in [3.05, 3.63) is 35.4 Å². The number of hydrogen-bond acceptors (Lipinski definition) is 5. The number of methoxy groups -OCH3 is 2. The quantitative estimate of drug-likeness (QED) is 0.560. The molecule has 1 aromatic rings. The summed E-state index contributed by atoms with van der Waals surface area (Å²) in [6.07, 6.45) is 3.66. The summed E-state index contributed by atoms with van der Waals surface area (Å²) in [4.78, 5) is 22.4. The van der Waals surface area contributed by atoms with Crippen LogP contribution in [-0.2, 0) is 20.7 Å². The third-order valence-electron chi connectivity index (χ3n) is 3.63. The first kappa shape index (κ1) is 18.2. The Hall–Kier alpha value is -1.88. The van der Waals surface area contributed by atoms with Gasteiger partial charge in [0.2, 0.25) is 0 Å². The maximum absolute atomic E-state index is 11.4. The number of unbranched alkanes of at least 4 members (excludes halogenated alkanes) is 1. The Morgan fingerprint density at radius 2 is 1.77 bits per heavy atom. The van der Waals surface area contributed by atoms with Gasteiger partial charge in [-0.05, 0) is 42.9 Å². The molecule has 1 N–H and O–H groups in total. The van der Waals surface area contributed by atoms with Crippen molar-refractivity contribution in [2.75, 3.05) is 20.8 Å². The molecule has 1 rings (SSSR count). The van der Waals surface area contributed by atoms with Gasteiger partial charge >= 0.3 is 11.9 Å². The van der Waals surface area contributed by atoms with Crippen LogP contribution in [0.5, 0.6) is 0 Å². The van der Waals surface area contributed by atoms with Gasteiger partial charge in [0, 0.05) is 13.0 Å². The van der Waals surface area contributed by atoms with Crippen molar-refractivity contribution in [2.24, 2.45) is 5.92 Å². The topological polar surface area (TPSA) is 72.8 Å². The highest BCUT2D eigenvalue weighted by Gasteiger charge is 2.11. The Morgan fingerprint density at radius 3 is 2.32 bits per heavy atom. The Bertz CT molecular complexity index is 466. The number of carbonyl (C=O) groups is 2. The van der Waals surface area contributed by atoms with Gasteiger partial charge < -0.3 is 14.6 Å². The first-order valence-corrected chi connectivity index (χ1v) is 7.45. The van der Waals surface area contributed by atoms with Crippen LogP contribution in [0.3, 0.4) is 0 Å². The number of carbonyl (C=O) groups excluding carboxylic acids is 2. The lowest BCUT2D eigenvalue weighted by Gasteiger charge is -2.14. The van der Waals surface area contributed by atoms with Gasteiger partial charge in [0.05, 0.1) is 19.8 Å². The van der Waals surface area contributed by atoms with Gasteiger partial charge in [0.15, 0.2) is 0 Å². The molecule has 0 aliphatic heterocycles. The molecule has 22 heavy (non-hydrogen) atoms. The number of rotatable bonds is 9. The van der Waals surface area contributed by atoms with Gasteiger partial charge in [-0.1, -0.05) is 18.6 Å². The fourth-order valence-electron chi connectivity index (χ4n) is 2.29. The van der Waals surface area contributed by atoms with Crippen LogP contribution in [0.1, 0.15) is 41.6 Å². The first-order valence-electron chi connectivity index (χ1n) is 7.45. The second-order valence-electron chi connectivity index (χ2n) is 5.26. The van der Waals surface area contributed by atoms with Gasteiger partial charge in [-0.2, -0.15) is 0 Å². The van der Waals surface area contributed by atoms with Crippen molar-refractivity contribution in [3.63, 3.8) is 0 Å². The van der Waals surface area contributed by atoms with E-state index in [0.717, 1.165) is 31.2 Å². The van der Waals surface area contributed by atoms with Gasteiger partial charge in [-0.25, -0.2) is 4.79 Å². The zero-order valence-electron chi connectivity index (χ0n) is 13.2. The lowest BCUT2D eigenvalue weighted by atomic mass is 9.94. The zero-order chi connectivity index (χ0) is 16.4. The third-order valence-corrected chi connectivity index (χ3v) is 3.63. The summed E-state index contributed by atoms with van der Waals surface area (Å²) in [5.74, 6) is -0.395. The lowest BCUT2D eigenvalue weighted by molar-refractivity contribution is -0.140. The lowest BCUT2D eigenvalue weighted by Crippen LogP contribution is -2.10. The minimum Gasteiger partial charge on any atom is -0.469 e. The molecular weight excluding hydrogens is 284 g/mol. The summed E-state index contributed by atoms with van der Waals surface area (Å²) >= 11 is 0. The molecule has 0 bridgehead atoms. The predicted molar refractivity (Wildman–Crippen MR) is 82.5 cm³/mol. The molecule has 0 amide bonds. The maximum atomic E-state index is 11.4. The molecule has 0 saturated carbocycles. The number of benzene rings is 1. The van der Waals surface area contributed by atoms with Crippen LogP contribution in [-0.4, -0.2) is 37.9 Å². The van der Waals surface area contributed by atoms with Crippen molar-refractivity contribution >= 4 is 11.9 Å². The molecule has 1 aromatic carbocycles. The highest BCUT2D eigenvalue weighted by Crippen LogP contribution is 2.17. The van der Waals surface area contributed by atoms with Crippen molar-refractivity contribution in [2.45, 2.75) is 32.1 Å². The standard InChI is InChI=1S/C17H24O5/c1-21-16(19)6-4-3-5-14(12-18)11-13-7-9-15(10-8-13)17(20)22-2/h7-10,14,18H,3-6,11-12H2,1-2H3. The smallest absolute Gasteiger partial charge is 0.337 e. The van der Waals surface area contributed by atoms with Crippen molar-refractivity contribution in [1.29, 1.82) is 0 Å². The monoisotopic (exact) mass is 308 g/mol. The van der Waals surface area contributed by atoms with E-state index in [4.69, 9.17) is 0 Å². The van der Waals surface area contributed by atoms with Crippen LogP contribution < -0.4 is 0 Å². The van der Waals surface area contributed by atoms with Gasteiger partial charge in [-0.3, -0.25) is 4.79 Å². The number of aliphatic hydroxyl groups excluding tert-OH is 1. The SMILES string of the molecule is COC(=O)CCCCC(CO)Cc1ccc(C(=O)OC)cc1. The summed E-state index contributed by atoms with van der Waals surface area (Å²) in [6, 6.07) is 7.21. The van der Waals surface area contributed by atoms with E-state index in [0.29, 0.717) is 12.0 Å². The molecule has 0 radical (unpaired) electrons. The fraction of sp³-hybridized carbons (Fsp3) is 0.529. The zero-order valence-corrected chi connectivity index (χ0v) is 13.2. The van der Waals surface area contributed by atoms with Crippen LogP contribution >= 0.6 is 0 Å². The summed E-state index contributed by atoms with van der Waals surface area (Å²) in [5, 5.41) is 9.46.